The van der Waals surface area contributed by atoms with E-state index < -0.39 is 0 Å². The van der Waals surface area contributed by atoms with E-state index in [0.717, 1.165) is 4.47 Å². The number of hydrogen-bond donors (Lipinski definition) is 0. The number of carbonyl (C=O) groups is 1. The highest BCUT2D eigenvalue weighted by Gasteiger charge is 2.07. The van der Waals surface area contributed by atoms with Crippen molar-refractivity contribution in [1.82, 2.24) is 4.98 Å². The summed E-state index contributed by atoms with van der Waals surface area (Å²) in [7, 11) is 0. The molecule has 2 aromatic rings. The zero-order valence-corrected chi connectivity index (χ0v) is 11.9. The van der Waals surface area contributed by atoms with Gasteiger partial charge in [0.15, 0.2) is 0 Å². The van der Waals surface area contributed by atoms with Gasteiger partial charge < -0.3 is 9.47 Å². The molecule has 1 heterocycles. The standard InChI is InChI=1S/C14H12BrNO3/c1-2-18-14(17)10-6-7-13(16-9-10)19-12-5-3-4-11(15)8-12/h3-9H,2H2,1H3. The molecule has 0 aliphatic carbocycles. The quantitative estimate of drug-likeness (QED) is 0.803. The van der Waals surface area contributed by atoms with Gasteiger partial charge in [-0.05, 0) is 31.2 Å². The van der Waals surface area contributed by atoms with Gasteiger partial charge in [-0.1, -0.05) is 22.0 Å². The van der Waals surface area contributed by atoms with Crippen molar-refractivity contribution in [2.45, 2.75) is 6.92 Å². The Labute approximate surface area is 119 Å². The van der Waals surface area contributed by atoms with Gasteiger partial charge in [0.25, 0.3) is 0 Å². The molecule has 0 amide bonds. The lowest BCUT2D eigenvalue weighted by atomic mass is 10.3. The number of pyridine rings is 1. The van der Waals surface area contributed by atoms with E-state index in [1.165, 1.54) is 6.20 Å². The fourth-order valence-corrected chi connectivity index (χ4v) is 1.81. The summed E-state index contributed by atoms with van der Waals surface area (Å²) in [4.78, 5) is 15.5. The Morgan fingerprint density at radius 3 is 2.79 bits per heavy atom. The predicted molar refractivity (Wildman–Crippen MR) is 74.4 cm³/mol. The van der Waals surface area contributed by atoms with E-state index in [1.54, 1.807) is 19.1 Å². The van der Waals surface area contributed by atoms with Gasteiger partial charge in [-0.2, -0.15) is 0 Å². The van der Waals surface area contributed by atoms with E-state index in [1.807, 2.05) is 24.3 Å². The number of nitrogens with zero attached hydrogens (tertiary/aromatic N) is 1. The highest BCUT2D eigenvalue weighted by Crippen LogP contribution is 2.22. The van der Waals surface area contributed by atoms with E-state index >= 15 is 0 Å². The maximum atomic E-state index is 11.4. The SMILES string of the molecule is CCOC(=O)c1ccc(Oc2cccc(Br)c2)nc1. The van der Waals surface area contributed by atoms with Gasteiger partial charge in [0, 0.05) is 16.7 Å². The van der Waals surface area contributed by atoms with Crippen LogP contribution in [0.2, 0.25) is 0 Å². The third-order valence-electron chi connectivity index (χ3n) is 2.27. The molecule has 0 atom stereocenters. The third kappa shape index (κ3) is 3.79. The normalized spacial score (nSPS) is 10.0. The average molecular weight is 322 g/mol. The van der Waals surface area contributed by atoms with E-state index in [2.05, 4.69) is 20.9 Å². The molecule has 0 saturated carbocycles. The van der Waals surface area contributed by atoms with Gasteiger partial charge in [0.1, 0.15) is 5.75 Å². The first-order chi connectivity index (χ1) is 9.19. The molecule has 0 spiro atoms. The second-order valence-electron chi connectivity index (χ2n) is 3.67. The summed E-state index contributed by atoms with van der Waals surface area (Å²) in [5.41, 5.74) is 0.406. The number of carbonyl (C=O) groups excluding carboxylic acids is 1. The largest absolute Gasteiger partial charge is 0.462 e. The highest BCUT2D eigenvalue weighted by molar-refractivity contribution is 9.10. The Bertz CT molecular complexity index is 569. The predicted octanol–water partition coefficient (Wildman–Crippen LogP) is 3.81. The monoisotopic (exact) mass is 321 g/mol. The van der Waals surface area contributed by atoms with E-state index in [-0.39, 0.29) is 5.97 Å². The number of esters is 1. The summed E-state index contributed by atoms with van der Waals surface area (Å²) in [6.07, 6.45) is 1.44. The smallest absolute Gasteiger partial charge is 0.339 e. The van der Waals surface area contributed by atoms with Crippen LogP contribution in [0.15, 0.2) is 47.1 Å². The molecule has 2 rings (SSSR count). The van der Waals surface area contributed by atoms with Gasteiger partial charge in [-0.15, -0.1) is 0 Å². The van der Waals surface area contributed by atoms with E-state index in [0.29, 0.717) is 23.8 Å². The van der Waals surface area contributed by atoms with Crippen molar-refractivity contribution in [1.29, 1.82) is 0 Å². The summed E-state index contributed by atoms with van der Waals surface area (Å²) in [6.45, 7) is 2.10. The number of halogens is 1. The fourth-order valence-electron chi connectivity index (χ4n) is 1.43. The summed E-state index contributed by atoms with van der Waals surface area (Å²) in [6, 6.07) is 10.7. The van der Waals surface area contributed by atoms with Crippen molar-refractivity contribution in [2.24, 2.45) is 0 Å². The molecule has 0 fully saturated rings. The van der Waals surface area contributed by atoms with Crippen LogP contribution in [0, 0.1) is 0 Å². The molecule has 0 N–H and O–H groups in total. The van der Waals surface area contributed by atoms with Crippen LogP contribution in [0.4, 0.5) is 0 Å². The lowest BCUT2D eigenvalue weighted by Crippen LogP contribution is -2.04. The zero-order valence-electron chi connectivity index (χ0n) is 10.3. The first kappa shape index (κ1) is 13.5. The molecule has 0 unspecified atom stereocenters. The van der Waals surface area contributed by atoms with Gasteiger partial charge in [0.05, 0.1) is 12.2 Å². The molecule has 1 aromatic carbocycles. The minimum Gasteiger partial charge on any atom is -0.462 e. The second kappa shape index (κ2) is 6.33. The summed E-state index contributed by atoms with van der Waals surface area (Å²) in [5.74, 6) is 0.709. The molecular weight excluding hydrogens is 310 g/mol. The highest BCUT2D eigenvalue weighted by atomic mass is 79.9. The Balaban J connectivity index is 2.08. The Morgan fingerprint density at radius 1 is 1.32 bits per heavy atom. The molecule has 4 nitrogen and oxygen atoms in total. The summed E-state index contributed by atoms with van der Waals surface area (Å²) < 4.78 is 11.4. The van der Waals surface area contributed by atoms with Crippen molar-refractivity contribution in [2.75, 3.05) is 6.61 Å². The van der Waals surface area contributed by atoms with Crippen molar-refractivity contribution < 1.29 is 14.3 Å². The second-order valence-corrected chi connectivity index (χ2v) is 4.58. The van der Waals surface area contributed by atoms with Gasteiger partial charge >= 0.3 is 5.97 Å². The molecule has 98 valence electrons. The van der Waals surface area contributed by atoms with Crippen LogP contribution in [0.3, 0.4) is 0 Å². The lowest BCUT2D eigenvalue weighted by Gasteiger charge is -2.06. The topological polar surface area (TPSA) is 48.4 Å². The van der Waals surface area contributed by atoms with Gasteiger partial charge in [-0.3, -0.25) is 0 Å². The maximum Gasteiger partial charge on any atom is 0.339 e. The van der Waals surface area contributed by atoms with Crippen LogP contribution in [0.5, 0.6) is 11.6 Å². The number of hydrogen-bond acceptors (Lipinski definition) is 4. The molecule has 0 saturated heterocycles. The Kier molecular flexibility index (Phi) is 4.52. The van der Waals surface area contributed by atoms with Crippen molar-refractivity contribution in [3.05, 3.63) is 52.6 Å². The van der Waals surface area contributed by atoms with Crippen molar-refractivity contribution in [3.63, 3.8) is 0 Å². The van der Waals surface area contributed by atoms with Crippen molar-refractivity contribution >= 4 is 21.9 Å². The molecule has 0 radical (unpaired) electrons. The van der Waals surface area contributed by atoms with Crippen molar-refractivity contribution in [3.8, 4) is 11.6 Å². The minimum atomic E-state index is -0.385. The molecule has 5 heteroatoms. The minimum absolute atomic E-state index is 0.342. The molecule has 0 bridgehead atoms. The fraction of sp³-hybridized carbons (Fsp3) is 0.143. The van der Waals surface area contributed by atoms with E-state index in [4.69, 9.17) is 9.47 Å². The maximum absolute atomic E-state index is 11.4. The molecule has 19 heavy (non-hydrogen) atoms. The third-order valence-corrected chi connectivity index (χ3v) is 2.76. The number of ether oxygens (including phenoxy) is 2. The van der Waals surface area contributed by atoms with Crippen LogP contribution < -0.4 is 4.74 Å². The van der Waals surface area contributed by atoms with Gasteiger partial charge in [0.2, 0.25) is 5.88 Å². The van der Waals surface area contributed by atoms with Crippen LogP contribution in [0.1, 0.15) is 17.3 Å². The number of benzene rings is 1. The van der Waals surface area contributed by atoms with Crippen LogP contribution in [-0.2, 0) is 4.74 Å². The molecular formula is C14H12BrNO3. The number of rotatable bonds is 4. The molecule has 0 aliphatic heterocycles. The van der Waals surface area contributed by atoms with Gasteiger partial charge in [-0.25, -0.2) is 9.78 Å². The first-order valence-electron chi connectivity index (χ1n) is 5.75. The van der Waals surface area contributed by atoms with Crippen LogP contribution >= 0.6 is 15.9 Å². The Hall–Kier alpha value is -1.88. The first-order valence-corrected chi connectivity index (χ1v) is 6.55. The van der Waals surface area contributed by atoms with Crippen LogP contribution in [0.25, 0.3) is 0 Å². The summed E-state index contributed by atoms with van der Waals surface area (Å²) >= 11 is 3.36. The molecule has 0 aliphatic rings. The summed E-state index contributed by atoms with van der Waals surface area (Å²) in [5, 5.41) is 0. The molecule has 1 aromatic heterocycles. The number of aromatic nitrogens is 1. The van der Waals surface area contributed by atoms with Crippen LogP contribution in [-0.4, -0.2) is 17.6 Å². The average Bonchev–Trinajstić information content (AvgIpc) is 2.40. The van der Waals surface area contributed by atoms with E-state index in [9.17, 15) is 4.79 Å². The Morgan fingerprint density at radius 2 is 2.16 bits per heavy atom. The zero-order chi connectivity index (χ0) is 13.7. The lowest BCUT2D eigenvalue weighted by molar-refractivity contribution is 0.0526.